The highest BCUT2D eigenvalue weighted by atomic mass is 16.2. The van der Waals surface area contributed by atoms with Gasteiger partial charge in [-0.25, -0.2) is 0 Å². The fourth-order valence-corrected chi connectivity index (χ4v) is 3.46. The highest BCUT2D eigenvalue weighted by Crippen LogP contribution is 2.24. The molecule has 126 valence electrons. The van der Waals surface area contributed by atoms with E-state index in [0.717, 1.165) is 50.3 Å². The summed E-state index contributed by atoms with van der Waals surface area (Å²) in [4.78, 5) is 28.2. The standard InChI is InChI=1S/C17H26N4O2/c1-13-12-21(14-4-5-16(22)19-11-14)17(23)15(13)3-2-8-20-9-6-18-7-10-20/h2-3,14,18H,4-12H2,1H3,(H,19,22)/b3-2-. The van der Waals surface area contributed by atoms with Gasteiger partial charge in [-0.05, 0) is 18.9 Å². The first-order valence-electron chi connectivity index (χ1n) is 8.52. The smallest absolute Gasteiger partial charge is 0.254 e. The topological polar surface area (TPSA) is 64.7 Å². The van der Waals surface area contributed by atoms with Gasteiger partial charge in [0.1, 0.15) is 0 Å². The molecular formula is C17H26N4O2. The summed E-state index contributed by atoms with van der Waals surface area (Å²) in [6.07, 6.45) is 5.37. The van der Waals surface area contributed by atoms with Crippen LogP contribution in [0.4, 0.5) is 0 Å². The van der Waals surface area contributed by atoms with E-state index < -0.39 is 0 Å². The van der Waals surface area contributed by atoms with E-state index in [1.54, 1.807) is 0 Å². The minimum Gasteiger partial charge on any atom is -0.354 e. The Kier molecular flexibility index (Phi) is 5.13. The summed E-state index contributed by atoms with van der Waals surface area (Å²) in [6.45, 7) is 8.39. The van der Waals surface area contributed by atoms with Crippen LogP contribution in [0.15, 0.2) is 23.3 Å². The van der Waals surface area contributed by atoms with Crippen LogP contribution >= 0.6 is 0 Å². The number of hydrogen-bond acceptors (Lipinski definition) is 4. The van der Waals surface area contributed by atoms with E-state index in [1.165, 1.54) is 0 Å². The van der Waals surface area contributed by atoms with E-state index in [4.69, 9.17) is 0 Å². The first-order valence-corrected chi connectivity index (χ1v) is 8.52. The average molecular weight is 318 g/mol. The molecule has 2 N–H and O–H groups in total. The zero-order chi connectivity index (χ0) is 16.2. The number of rotatable bonds is 4. The molecule has 0 aliphatic carbocycles. The lowest BCUT2D eigenvalue weighted by molar-refractivity contribution is -0.130. The summed E-state index contributed by atoms with van der Waals surface area (Å²) in [5, 5.41) is 6.20. The second-order valence-corrected chi connectivity index (χ2v) is 6.58. The van der Waals surface area contributed by atoms with E-state index in [2.05, 4.69) is 21.6 Å². The van der Waals surface area contributed by atoms with E-state index in [1.807, 2.05) is 17.9 Å². The molecule has 6 nitrogen and oxygen atoms in total. The molecule has 6 heteroatoms. The van der Waals surface area contributed by atoms with Crippen molar-refractivity contribution in [1.29, 1.82) is 0 Å². The van der Waals surface area contributed by atoms with Crippen molar-refractivity contribution in [3.05, 3.63) is 23.3 Å². The maximum Gasteiger partial charge on any atom is 0.254 e. The van der Waals surface area contributed by atoms with Gasteiger partial charge in [0.25, 0.3) is 5.91 Å². The number of carbonyl (C=O) groups is 2. The Bertz CT molecular complexity index is 525. The van der Waals surface area contributed by atoms with Crippen LogP contribution in [0.5, 0.6) is 0 Å². The number of nitrogens with zero attached hydrogens (tertiary/aromatic N) is 2. The van der Waals surface area contributed by atoms with E-state index >= 15 is 0 Å². The minimum atomic E-state index is 0.0914. The summed E-state index contributed by atoms with van der Waals surface area (Å²) in [6, 6.07) is 0.134. The Balaban J connectivity index is 1.56. The van der Waals surface area contributed by atoms with Crippen LogP contribution in [0.25, 0.3) is 0 Å². The molecule has 0 spiro atoms. The van der Waals surface area contributed by atoms with Gasteiger partial charge in [0.2, 0.25) is 5.91 Å². The van der Waals surface area contributed by atoms with Crippen molar-refractivity contribution in [3.63, 3.8) is 0 Å². The maximum absolute atomic E-state index is 12.7. The predicted molar refractivity (Wildman–Crippen MR) is 88.9 cm³/mol. The minimum absolute atomic E-state index is 0.0914. The van der Waals surface area contributed by atoms with Gasteiger partial charge in [-0.3, -0.25) is 14.5 Å². The highest BCUT2D eigenvalue weighted by Gasteiger charge is 2.33. The van der Waals surface area contributed by atoms with Crippen molar-refractivity contribution in [2.75, 3.05) is 45.8 Å². The van der Waals surface area contributed by atoms with Crippen LogP contribution in [0, 0.1) is 0 Å². The molecule has 3 heterocycles. The molecule has 3 aliphatic rings. The molecule has 1 atom stereocenters. The summed E-state index contributed by atoms with van der Waals surface area (Å²) >= 11 is 0. The van der Waals surface area contributed by atoms with Crippen molar-refractivity contribution in [3.8, 4) is 0 Å². The molecule has 0 radical (unpaired) electrons. The zero-order valence-electron chi connectivity index (χ0n) is 13.8. The van der Waals surface area contributed by atoms with Gasteiger partial charge in [-0.2, -0.15) is 0 Å². The highest BCUT2D eigenvalue weighted by molar-refractivity contribution is 6.00. The maximum atomic E-state index is 12.7. The van der Waals surface area contributed by atoms with E-state index in [0.29, 0.717) is 19.5 Å². The van der Waals surface area contributed by atoms with Gasteiger partial charge in [-0.15, -0.1) is 0 Å². The summed E-state index contributed by atoms with van der Waals surface area (Å²) in [7, 11) is 0. The molecule has 0 aromatic heterocycles. The molecule has 2 saturated heterocycles. The third kappa shape index (κ3) is 3.82. The zero-order valence-corrected chi connectivity index (χ0v) is 13.8. The van der Waals surface area contributed by atoms with E-state index in [9.17, 15) is 9.59 Å². The van der Waals surface area contributed by atoms with Crippen LogP contribution in [-0.4, -0.2) is 73.5 Å². The molecule has 0 bridgehead atoms. The van der Waals surface area contributed by atoms with Gasteiger partial charge in [-0.1, -0.05) is 12.2 Å². The second kappa shape index (κ2) is 7.27. The van der Waals surface area contributed by atoms with Gasteiger partial charge < -0.3 is 15.5 Å². The van der Waals surface area contributed by atoms with Crippen LogP contribution in [-0.2, 0) is 9.59 Å². The SMILES string of the molecule is CC1=C(/C=C\CN2CCNCC2)C(=O)N(C2CCC(=O)NC2)C1. The number of nitrogens with one attached hydrogen (secondary N) is 2. The molecule has 3 rings (SSSR count). The molecule has 1 unspecified atom stereocenters. The number of piperazine rings is 1. The van der Waals surface area contributed by atoms with Crippen molar-refractivity contribution in [2.45, 2.75) is 25.8 Å². The van der Waals surface area contributed by atoms with Crippen LogP contribution < -0.4 is 10.6 Å². The molecule has 2 amide bonds. The summed E-state index contributed by atoms with van der Waals surface area (Å²) in [5.41, 5.74) is 1.96. The van der Waals surface area contributed by atoms with Gasteiger partial charge in [0, 0.05) is 57.8 Å². The Morgan fingerprint density at radius 3 is 2.74 bits per heavy atom. The van der Waals surface area contributed by atoms with E-state index in [-0.39, 0.29) is 17.9 Å². The Labute approximate surface area is 137 Å². The normalized spacial score (nSPS) is 27.2. The van der Waals surface area contributed by atoms with Crippen molar-refractivity contribution in [2.24, 2.45) is 0 Å². The summed E-state index contributed by atoms with van der Waals surface area (Å²) in [5.74, 6) is 0.203. The molecule has 0 aromatic rings. The lowest BCUT2D eigenvalue weighted by atomic mass is 10.1. The number of piperidine rings is 1. The van der Waals surface area contributed by atoms with Crippen LogP contribution in [0.1, 0.15) is 19.8 Å². The molecule has 3 aliphatic heterocycles. The largest absolute Gasteiger partial charge is 0.354 e. The Hall–Kier alpha value is -1.66. The monoisotopic (exact) mass is 318 g/mol. The van der Waals surface area contributed by atoms with Gasteiger partial charge in [0.05, 0.1) is 6.04 Å². The third-order valence-corrected chi connectivity index (χ3v) is 4.90. The quantitative estimate of drug-likeness (QED) is 0.759. The molecular weight excluding hydrogens is 292 g/mol. The van der Waals surface area contributed by atoms with Gasteiger partial charge >= 0.3 is 0 Å². The first-order chi connectivity index (χ1) is 11.1. The third-order valence-electron chi connectivity index (χ3n) is 4.90. The second-order valence-electron chi connectivity index (χ2n) is 6.58. The number of hydrogen-bond donors (Lipinski definition) is 2. The molecule has 0 aromatic carbocycles. The van der Waals surface area contributed by atoms with Crippen LogP contribution in [0.2, 0.25) is 0 Å². The molecule has 23 heavy (non-hydrogen) atoms. The predicted octanol–water partition coefficient (Wildman–Crippen LogP) is -0.115. The summed E-state index contributed by atoms with van der Waals surface area (Å²) < 4.78 is 0. The number of amides is 2. The number of carbonyl (C=O) groups excluding carboxylic acids is 2. The van der Waals surface area contributed by atoms with Crippen LogP contribution in [0.3, 0.4) is 0 Å². The van der Waals surface area contributed by atoms with Crippen molar-refractivity contribution in [1.82, 2.24) is 20.4 Å². The fraction of sp³-hybridized carbons (Fsp3) is 0.647. The molecule has 0 saturated carbocycles. The van der Waals surface area contributed by atoms with Crippen molar-refractivity contribution < 1.29 is 9.59 Å². The van der Waals surface area contributed by atoms with Crippen molar-refractivity contribution >= 4 is 11.8 Å². The first kappa shape index (κ1) is 16.2. The average Bonchev–Trinajstić information content (AvgIpc) is 2.85. The lowest BCUT2D eigenvalue weighted by Gasteiger charge is -2.31. The Morgan fingerprint density at radius 1 is 1.26 bits per heavy atom. The Morgan fingerprint density at radius 2 is 2.04 bits per heavy atom. The molecule has 2 fully saturated rings. The fourth-order valence-electron chi connectivity index (χ4n) is 3.46. The van der Waals surface area contributed by atoms with Gasteiger partial charge in [0.15, 0.2) is 0 Å². The lowest BCUT2D eigenvalue weighted by Crippen LogP contribution is -2.49.